The number of aliphatic imine (C=N–C) groups is 2. The molecule has 0 fully saturated rings. The van der Waals surface area contributed by atoms with Crippen molar-refractivity contribution in [2.75, 3.05) is 0 Å². The second kappa shape index (κ2) is 11.5. The Morgan fingerprint density at radius 2 is 1.20 bits per heavy atom. The van der Waals surface area contributed by atoms with E-state index in [1.807, 2.05) is 0 Å². The second-order valence-electron chi connectivity index (χ2n) is 13.5. The molecule has 0 saturated carbocycles. The van der Waals surface area contributed by atoms with E-state index in [4.69, 9.17) is 9.98 Å². The van der Waals surface area contributed by atoms with Gasteiger partial charge in [0.15, 0.2) is 0 Å². The average molecular weight is 652 g/mol. The van der Waals surface area contributed by atoms with Crippen molar-refractivity contribution in [3.63, 3.8) is 0 Å². The van der Waals surface area contributed by atoms with Crippen LogP contribution in [0, 0.1) is 0 Å². The number of hydrogen-bond donors (Lipinski definition) is 0. The van der Waals surface area contributed by atoms with Gasteiger partial charge in [0.25, 0.3) is 0 Å². The van der Waals surface area contributed by atoms with Crippen molar-refractivity contribution < 1.29 is 0 Å². The van der Waals surface area contributed by atoms with E-state index in [1.54, 1.807) is 0 Å². The fraction of sp³-hybridized carbons (Fsp3) is 0.0417. The molecule has 0 spiro atoms. The third-order valence-corrected chi connectivity index (χ3v) is 10.6. The molecule has 3 heteroatoms. The molecule has 10 rings (SSSR count). The number of benzene rings is 7. The molecule has 2 aliphatic rings. The summed E-state index contributed by atoms with van der Waals surface area (Å²) in [7, 11) is 0. The van der Waals surface area contributed by atoms with E-state index >= 15 is 0 Å². The van der Waals surface area contributed by atoms with Crippen LogP contribution in [0.5, 0.6) is 0 Å². The summed E-state index contributed by atoms with van der Waals surface area (Å²) in [4.78, 5) is 10.6. The van der Waals surface area contributed by atoms with Crippen LogP contribution < -0.4 is 0 Å². The minimum atomic E-state index is -0.481. The quantitative estimate of drug-likeness (QED) is 0.177. The third kappa shape index (κ3) is 4.52. The predicted octanol–water partition coefficient (Wildman–Crippen LogP) is 11.9. The zero-order chi connectivity index (χ0) is 33.9. The largest absolute Gasteiger partial charge is 0.309 e. The monoisotopic (exact) mass is 651 g/mol. The average Bonchev–Trinajstić information content (AvgIpc) is 3.84. The highest BCUT2D eigenvalue weighted by molar-refractivity contribution is 6.39. The van der Waals surface area contributed by atoms with Gasteiger partial charge in [-0.25, -0.2) is 4.99 Å². The van der Waals surface area contributed by atoms with E-state index in [-0.39, 0.29) is 0 Å². The highest BCUT2D eigenvalue weighted by Gasteiger charge is 2.44. The Labute approximate surface area is 297 Å². The van der Waals surface area contributed by atoms with E-state index in [1.165, 1.54) is 32.9 Å². The molecule has 0 amide bonds. The lowest BCUT2D eigenvalue weighted by atomic mass is 9.71. The summed E-state index contributed by atoms with van der Waals surface area (Å²) < 4.78 is 2.45. The molecule has 2 aliphatic heterocycles. The fourth-order valence-electron chi connectivity index (χ4n) is 8.21. The van der Waals surface area contributed by atoms with Gasteiger partial charge in [-0.15, -0.1) is 0 Å². The first-order valence-corrected chi connectivity index (χ1v) is 17.5. The Kier molecular flexibility index (Phi) is 6.62. The Bertz CT molecular complexity index is 2720. The normalized spacial score (nSPS) is 17.1. The first kappa shape index (κ1) is 29.3. The van der Waals surface area contributed by atoms with Gasteiger partial charge in [0.2, 0.25) is 0 Å². The molecule has 3 nitrogen and oxygen atoms in total. The molecule has 0 saturated heterocycles. The zero-order valence-corrected chi connectivity index (χ0v) is 28.2. The van der Waals surface area contributed by atoms with Crippen LogP contribution in [0.1, 0.15) is 40.3 Å². The molecule has 7 aromatic carbocycles. The van der Waals surface area contributed by atoms with Crippen LogP contribution in [0.2, 0.25) is 0 Å². The predicted molar refractivity (Wildman–Crippen MR) is 213 cm³/mol. The number of para-hydroxylation sites is 2. The van der Waals surface area contributed by atoms with Gasteiger partial charge in [-0.2, -0.15) is 0 Å². The Morgan fingerprint density at radius 3 is 1.98 bits per heavy atom. The van der Waals surface area contributed by atoms with Crippen LogP contribution >= 0.6 is 0 Å². The van der Waals surface area contributed by atoms with Gasteiger partial charge >= 0.3 is 0 Å². The molecule has 0 N–H and O–H groups in total. The molecule has 1 aromatic heterocycles. The smallest absolute Gasteiger partial charge is 0.0788 e. The Morgan fingerprint density at radius 1 is 0.529 bits per heavy atom. The van der Waals surface area contributed by atoms with Crippen molar-refractivity contribution in [2.45, 2.75) is 12.3 Å². The van der Waals surface area contributed by atoms with Crippen LogP contribution in [-0.2, 0) is 5.41 Å². The summed E-state index contributed by atoms with van der Waals surface area (Å²) in [5, 5.41) is 2.45. The van der Waals surface area contributed by atoms with Gasteiger partial charge in [0, 0.05) is 38.7 Å². The van der Waals surface area contributed by atoms with E-state index in [2.05, 4.69) is 193 Å². The lowest BCUT2D eigenvalue weighted by Crippen LogP contribution is -2.32. The van der Waals surface area contributed by atoms with E-state index < -0.39 is 5.41 Å². The van der Waals surface area contributed by atoms with E-state index in [0.29, 0.717) is 0 Å². The highest BCUT2D eigenvalue weighted by Crippen LogP contribution is 2.51. The molecular formula is C48H33N3. The number of hydrogen-bond acceptors (Lipinski definition) is 2. The van der Waals surface area contributed by atoms with Crippen molar-refractivity contribution in [3.05, 3.63) is 209 Å². The van der Waals surface area contributed by atoms with Crippen molar-refractivity contribution in [2.24, 2.45) is 9.98 Å². The number of nitrogens with zero attached hydrogens (tertiary/aromatic N) is 3. The first-order valence-electron chi connectivity index (χ1n) is 17.5. The minimum absolute atomic E-state index is 0.481. The Hall–Kier alpha value is -6.58. The molecule has 240 valence electrons. The van der Waals surface area contributed by atoms with Crippen LogP contribution in [0.3, 0.4) is 0 Å². The van der Waals surface area contributed by atoms with Gasteiger partial charge in [0.1, 0.15) is 0 Å². The standard InChI is InChI=1S/C48H33N3/c1-48(35-19-9-4-10-20-35)44-42(50-47(48)34-17-7-3-8-18-34)30-29-39-38-22-12-14-24-43(38)51(46(39)44)36-27-25-33(26-28-36)45-40(31-32-15-5-2-6-16-32)37-21-11-13-23-41(37)49-45/h2-31H,1H3/b40-31-. The lowest BCUT2D eigenvalue weighted by molar-refractivity contribution is 0.797. The number of fused-ring (bicyclic) bond motifs is 6. The van der Waals surface area contributed by atoms with Crippen molar-refractivity contribution >= 4 is 56.3 Å². The molecular weight excluding hydrogens is 619 g/mol. The maximum absolute atomic E-state index is 5.42. The van der Waals surface area contributed by atoms with Crippen LogP contribution in [0.4, 0.5) is 11.4 Å². The molecule has 1 unspecified atom stereocenters. The van der Waals surface area contributed by atoms with Crippen molar-refractivity contribution in [1.29, 1.82) is 0 Å². The minimum Gasteiger partial charge on any atom is -0.309 e. The molecule has 0 radical (unpaired) electrons. The van der Waals surface area contributed by atoms with E-state index in [9.17, 15) is 0 Å². The van der Waals surface area contributed by atoms with Gasteiger partial charge in [0.05, 0.1) is 39.2 Å². The SMILES string of the molecule is CC1(c2ccccc2)C(c2ccccc2)=Nc2ccc3c4ccccc4n(-c4ccc(C5=Nc6ccccc6/C5=C/c5ccccc5)cc4)c3c21. The molecule has 8 aromatic rings. The molecule has 0 bridgehead atoms. The van der Waals surface area contributed by atoms with Crippen molar-refractivity contribution in [3.8, 4) is 5.69 Å². The van der Waals surface area contributed by atoms with E-state index in [0.717, 1.165) is 56.3 Å². The second-order valence-corrected chi connectivity index (χ2v) is 13.5. The number of allylic oxidation sites excluding steroid dienone is 1. The zero-order valence-electron chi connectivity index (χ0n) is 28.2. The summed E-state index contributed by atoms with van der Waals surface area (Å²) in [6, 6.07) is 62.6. The van der Waals surface area contributed by atoms with Crippen LogP contribution in [-0.4, -0.2) is 16.0 Å². The highest BCUT2D eigenvalue weighted by atomic mass is 15.0. The van der Waals surface area contributed by atoms with Gasteiger partial charge < -0.3 is 4.57 Å². The summed E-state index contributed by atoms with van der Waals surface area (Å²) in [5.41, 5.74) is 15.2. The topological polar surface area (TPSA) is 29.6 Å². The van der Waals surface area contributed by atoms with Crippen molar-refractivity contribution in [1.82, 2.24) is 4.57 Å². The third-order valence-electron chi connectivity index (χ3n) is 10.6. The summed E-state index contributed by atoms with van der Waals surface area (Å²) >= 11 is 0. The molecule has 3 heterocycles. The fourth-order valence-corrected chi connectivity index (χ4v) is 8.21. The summed E-state index contributed by atoms with van der Waals surface area (Å²) in [5.74, 6) is 0. The van der Waals surface area contributed by atoms with Crippen LogP contribution in [0.15, 0.2) is 186 Å². The number of aromatic nitrogens is 1. The summed E-state index contributed by atoms with van der Waals surface area (Å²) in [6.45, 7) is 2.35. The molecule has 1 atom stereocenters. The van der Waals surface area contributed by atoms with Crippen LogP contribution in [0.25, 0.3) is 39.1 Å². The maximum Gasteiger partial charge on any atom is 0.0788 e. The summed E-state index contributed by atoms with van der Waals surface area (Å²) in [6.07, 6.45) is 2.25. The van der Waals surface area contributed by atoms with Gasteiger partial charge in [-0.05, 0) is 60.0 Å². The lowest BCUT2D eigenvalue weighted by Gasteiger charge is -2.30. The first-order chi connectivity index (χ1) is 25.2. The van der Waals surface area contributed by atoms with Gasteiger partial charge in [-0.1, -0.05) is 146 Å². The molecule has 51 heavy (non-hydrogen) atoms. The van der Waals surface area contributed by atoms with Gasteiger partial charge in [-0.3, -0.25) is 4.99 Å². The Balaban J connectivity index is 1.18. The molecule has 0 aliphatic carbocycles. The maximum atomic E-state index is 5.42. The number of rotatable bonds is 5.